The van der Waals surface area contributed by atoms with Gasteiger partial charge in [-0.1, -0.05) is 6.07 Å². The van der Waals surface area contributed by atoms with Crippen molar-refractivity contribution < 1.29 is 13.2 Å². The van der Waals surface area contributed by atoms with Crippen molar-refractivity contribution in [3.8, 4) is 0 Å². The van der Waals surface area contributed by atoms with E-state index < -0.39 is 12.6 Å². The van der Waals surface area contributed by atoms with Gasteiger partial charge in [0.2, 0.25) is 0 Å². The van der Waals surface area contributed by atoms with Gasteiger partial charge in [0.15, 0.2) is 0 Å². The third kappa shape index (κ3) is 3.68. The van der Waals surface area contributed by atoms with Crippen molar-refractivity contribution in [3.63, 3.8) is 0 Å². The second-order valence-corrected chi connectivity index (χ2v) is 4.25. The van der Waals surface area contributed by atoms with Gasteiger partial charge in [-0.15, -0.1) is 0 Å². The predicted molar refractivity (Wildman–Crippen MR) is 51.6 cm³/mol. The van der Waals surface area contributed by atoms with E-state index in [1.165, 1.54) is 12.1 Å². The summed E-state index contributed by atoms with van der Waals surface area (Å²) in [6.45, 7) is 0. The number of hydrogen-bond donors (Lipinski definition) is 0. The highest BCUT2D eigenvalue weighted by Crippen LogP contribution is 2.27. The van der Waals surface area contributed by atoms with Gasteiger partial charge in [0.25, 0.3) is 0 Å². The Bertz CT molecular complexity index is 307. The Morgan fingerprint density at radius 1 is 1.08 bits per heavy atom. The van der Waals surface area contributed by atoms with E-state index in [-0.39, 0.29) is 5.56 Å². The predicted octanol–water partition coefficient (Wildman–Crippen LogP) is 4.32. The Morgan fingerprint density at radius 3 is 2.15 bits per heavy atom. The smallest absolute Gasteiger partial charge is 0.171 e. The summed E-state index contributed by atoms with van der Waals surface area (Å²) < 4.78 is 37.2. The lowest BCUT2D eigenvalue weighted by Gasteiger charge is -2.06. The highest BCUT2D eigenvalue weighted by Gasteiger charge is 2.27. The minimum atomic E-state index is -4.15. The number of alkyl halides is 3. The SMILES string of the molecule is FC(F)(F)Cc1ccc(Br)c(Br)c1. The summed E-state index contributed by atoms with van der Waals surface area (Å²) in [6.07, 6.45) is -5.04. The molecule has 0 unspecified atom stereocenters. The highest BCUT2D eigenvalue weighted by atomic mass is 79.9. The maximum Gasteiger partial charge on any atom is 0.393 e. The van der Waals surface area contributed by atoms with Crippen LogP contribution in [-0.2, 0) is 6.42 Å². The molecule has 0 aromatic heterocycles. The molecule has 0 heterocycles. The molecule has 13 heavy (non-hydrogen) atoms. The van der Waals surface area contributed by atoms with Gasteiger partial charge in [-0.3, -0.25) is 0 Å². The molecule has 0 radical (unpaired) electrons. The zero-order valence-corrected chi connectivity index (χ0v) is 9.50. The van der Waals surface area contributed by atoms with Crippen molar-refractivity contribution in [2.45, 2.75) is 12.6 Å². The van der Waals surface area contributed by atoms with Crippen LogP contribution in [0.25, 0.3) is 0 Å². The maximum absolute atomic E-state index is 11.9. The van der Waals surface area contributed by atoms with Gasteiger partial charge < -0.3 is 0 Å². The fourth-order valence-electron chi connectivity index (χ4n) is 0.881. The third-order valence-electron chi connectivity index (χ3n) is 1.39. The standard InChI is InChI=1S/C8H5Br2F3/c9-6-2-1-5(3-7(6)10)4-8(11,12)13/h1-3H,4H2. The maximum atomic E-state index is 11.9. The van der Waals surface area contributed by atoms with Crippen LogP contribution in [0.2, 0.25) is 0 Å². The lowest BCUT2D eigenvalue weighted by atomic mass is 10.1. The fourth-order valence-corrected chi connectivity index (χ4v) is 1.55. The molecule has 0 bridgehead atoms. The fraction of sp³-hybridized carbons (Fsp3) is 0.250. The average molecular weight is 318 g/mol. The summed E-state index contributed by atoms with van der Waals surface area (Å²) >= 11 is 6.32. The van der Waals surface area contributed by atoms with Crippen molar-refractivity contribution in [2.75, 3.05) is 0 Å². The number of halogens is 5. The summed E-state index contributed by atoms with van der Waals surface area (Å²) in [4.78, 5) is 0. The van der Waals surface area contributed by atoms with E-state index in [9.17, 15) is 13.2 Å². The number of benzene rings is 1. The summed E-state index contributed by atoms with van der Waals surface area (Å²) in [5.41, 5.74) is 0.252. The van der Waals surface area contributed by atoms with E-state index >= 15 is 0 Å². The van der Waals surface area contributed by atoms with Gasteiger partial charge in [-0.2, -0.15) is 13.2 Å². The highest BCUT2D eigenvalue weighted by molar-refractivity contribution is 9.13. The topological polar surface area (TPSA) is 0 Å². The van der Waals surface area contributed by atoms with Crippen LogP contribution in [0.1, 0.15) is 5.56 Å². The number of hydrogen-bond acceptors (Lipinski definition) is 0. The van der Waals surface area contributed by atoms with Gasteiger partial charge in [0.1, 0.15) is 0 Å². The molecule has 0 saturated carbocycles. The summed E-state index contributed by atoms with van der Waals surface area (Å²) in [6, 6.07) is 4.49. The quantitative estimate of drug-likeness (QED) is 0.724. The molecule has 0 N–H and O–H groups in total. The van der Waals surface area contributed by atoms with Crippen LogP contribution in [0, 0.1) is 0 Å². The van der Waals surface area contributed by atoms with Crippen LogP contribution in [0.4, 0.5) is 13.2 Å². The van der Waals surface area contributed by atoms with Crippen LogP contribution in [0.3, 0.4) is 0 Å². The largest absolute Gasteiger partial charge is 0.393 e. The van der Waals surface area contributed by atoms with Crippen LogP contribution in [-0.4, -0.2) is 6.18 Å². The Hall–Kier alpha value is -0.0300. The van der Waals surface area contributed by atoms with Gasteiger partial charge in [0.05, 0.1) is 6.42 Å². The van der Waals surface area contributed by atoms with E-state index in [0.29, 0.717) is 4.47 Å². The van der Waals surface area contributed by atoms with Crippen molar-refractivity contribution in [3.05, 3.63) is 32.7 Å². The average Bonchev–Trinajstić information content (AvgIpc) is 1.94. The van der Waals surface area contributed by atoms with Crippen LogP contribution in [0.5, 0.6) is 0 Å². The molecule has 72 valence electrons. The lowest BCUT2D eigenvalue weighted by Crippen LogP contribution is -2.11. The summed E-state index contributed by atoms with van der Waals surface area (Å²) in [5, 5.41) is 0. The van der Waals surface area contributed by atoms with Gasteiger partial charge in [-0.05, 0) is 49.6 Å². The Labute approximate surface area is 90.4 Å². The number of rotatable bonds is 1. The second-order valence-electron chi connectivity index (χ2n) is 2.54. The zero-order chi connectivity index (χ0) is 10.1. The van der Waals surface area contributed by atoms with E-state index in [1.807, 2.05) is 0 Å². The molecule has 0 fully saturated rings. The van der Waals surface area contributed by atoms with Crippen LogP contribution in [0.15, 0.2) is 27.1 Å². The molecular weight excluding hydrogens is 313 g/mol. The molecule has 1 aromatic carbocycles. The molecule has 0 atom stereocenters. The zero-order valence-electron chi connectivity index (χ0n) is 6.33. The molecular formula is C8H5Br2F3. The minimum absolute atomic E-state index is 0.252. The Morgan fingerprint density at radius 2 is 1.69 bits per heavy atom. The first-order valence-electron chi connectivity index (χ1n) is 3.39. The molecule has 0 spiro atoms. The summed E-state index contributed by atoms with van der Waals surface area (Å²) in [5.74, 6) is 0. The molecule has 5 heteroatoms. The van der Waals surface area contributed by atoms with E-state index in [0.717, 1.165) is 4.47 Å². The third-order valence-corrected chi connectivity index (χ3v) is 3.27. The lowest BCUT2D eigenvalue weighted by molar-refractivity contribution is -0.127. The first-order chi connectivity index (χ1) is 5.88. The molecule has 1 rings (SSSR count). The van der Waals surface area contributed by atoms with E-state index in [4.69, 9.17) is 0 Å². The first kappa shape index (κ1) is 11.0. The molecule has 0 aliphatic heterocycles. The van der Waals surface area contributed by atoms with Gasteiger partial charge in [0, 0.05) is 8.95 Å². The second kappa shape index (κ2) is 4.00. The normalized spacial score (nSPS) is 11.8. The minimum Gasteiger partial charge on any atom is -0.171 e. The molecule has 0 nitrogen and oxygen atoms in total. The molecule has 0 aliphatic rings. The molecule has 0 saturated heterocycles. The molecule has 1 aromatic rings. The van der Waals surface area contributed by atoms with Gasteiger partial charge >= 0.3 is 6.18 Å². The van der Waals surface area contributed by atoms with Crippen molar-refractivity contribution in [1.82, 2.24) is 0 Å². The molecule has 0 aliphatic carbocycles. The van der Waals surface area contributed by atoms with E-state index in [1.54, 1.807) is 6.07 Å². The van der Waals surface area contributed by atoms with Crippen molar-refractivity contribution >= 4 is 31.9 Å². The summed E-state index contributed by atoms with van der Waals surface area (Å²) in [7, 11) is 0. The Kier molecular flexibility index (Phi) is 3.40. The van der Waals surface area contributed by atoms with E-state index in [2.05, 4.69) is 31.9 Å². The monoisotopic (exact) mass is 316 g/mol. The van der Waals surface area contributed by atoms with Crippen molar-refractivity contribution in [2.24, 2.45) is 0 Å². The van der Waals surface area contributed by atoms with Crippen LogP contribution < -0.4 is 0 Å². The van der Waals surface area contributed by atoms with Crippen molar-refractivity contribution in [1.29, 1.82) is 0 Å². The van der Waals surface area contributed by atoms with Gasteiger partial charge in [-0.25, -0.2) is 0 Å². The first-order valence-corrected chi connectivity index (χ1v) is 4.98. The Balaban J connectivity index is 2.86. The molecule has 0 amide bonds. The van der Waals surface area contributed by atoms with Crippen LogP contribution >= 0.6 is 31.9 Å².